The quantitative estimate of drug-likeness (QED) is 0.878. The Hall–Kier alpha value is -2.14. The molecule has 0 amide bonds. The Labute approximate surface area is 133 Å². The molecule has 0 saturated carbocycles. The standard InChI is InChI=1S/C16H16ClN3O2/c1-2-22-15(21)12-8-18-16(19-9-12)20-14-6-10-3-4-13(17)5-11(10)7-14/h3-5,8-9,14H,2,6-7H2,1H3,(H,18,19,20). The van der Waals surface area contributed by atoms with Crippen molar-refractivity contribution in [2.24, 2.45) is 0 Å². The molecule has 0 radical (unpaired) electrons. The molecule has 1 N–H and O–H groups in total. The second-order valence-corrected chi connectivity index (χ2v) is 5.61. The normalized spacial score (nSPS) is 16.2. The van der Waals surface area contributed by atoms with E-state index in [-0.39, 0.29) is 6.04 Å². The Kier molecular flexibility index (Phi) is 4.24. The van der Waals surface area contributed by atoms with Crippen molar-refractivity contribution < 1.29 is 9.53 Å². The van der Waals surface area contributed by atoms with Crippen molar-refractivity contribution in [1.29, 1.82) is 0 Å². The van der Waals surface area contributed by atoms with E-state index in [2.05, 4.69) is 21.4 Å². The van der Waals surface area contributed by atoms with Crippen LogP contribution in [0.2, 0.25) is 5.02 Å². The van der Waals surface area contributed by atoms with Crippen molar-refractivity contribution in [1.82, 2.24) is 9.97 Å². The fourth-order valence-electron chi connectivity index (χ4n) is 2.59. The van der Waals surface area contributed by atoms with Gasteiger partial charge in [-0.3, -0.25) is 0 Å². The molecule has 5 nitrogen and oxygen atoms in total. The van der Waals surface area contributed by atoms with Gasteiger partial charge in [-0.1, -0.05) is 17.7 Å². The molecule has 1 heterocycles. The van der Waals surface area contributed by atoms with Gasteiger partial charge >= 0.3 is 5.97 Å². The maximum absolute atomic E-state index is 11.5. The summed E-state index contributed by atoms with van der Waals surface area (Å²) in [5.74, 6) is 0.105. The van der Waals surface area contributed by atoms with E-state index in [1.165, 1.54) is 23.5 Å². The summed E-state index contributed by atoms with van der Waals surface area (Å²) in [5.41, 5.74) is 2.91. The molecule has 22 heavy (non-hydrogen) atoms. The summed E-state index contributed by atoms with van der Waals surface area (Å²) in [5, 5.41) is 4.05. The molecule has 1 unspecified atom stereocenters. The van der Waals surface area contributed by atoms with Crippen LogP contribution in [0.15, 0.2) is 30.6 Å². The molecule has 2 aromatic rings. The predicted molar refractivity (Wildman–Crippen MR) is 84.3 cm³/mol. The van der Waals surface area contributed by atoms with Gasteiger partial charge in [-0.05, 0) is 43.0 Å². The van der Waals surface area contributed by atoms with E-state index in [0.717, 1.165) is 17.9 Å². The van der Waals surface area contributed by atoms with E-state index >= 15 is 0 Å². The molecule has 6 heteroatoms. The average Bonchev–Trinajstić information content (AvgIpc) is 2.89. The zero-order valence-corrected chi connectivity index (χ0v) is 12.9. The first-order valence-electron chi connectivity index (χ1n) is 7.18. The summed E-state index contributed by atoms with van der Waals surface area (Å²) in [6.07, 6.45) is 4.76. The van der Waals surface area contributed by atoms with E-state index in [4.69, 9.17) is 16.3 Å². The van der Waals surface area contributed by atoms with Crippen LogP contribution >= 0.6 is 11.6 Å². The SMILES string of the molecule is CCOC(=O)c1cnc(NC2Cc3ccc(Cl)cc3C2)nc1. The molecule has 1 aromatic carbocycles. The van der Waals surface area contributed by atoms with Crippen LogP contribution in [-0.4, -0.2) is 28.6 Å². The van der Waals surface area contributed by atoms with Gasteiger partial charge in [0.05, 0.1) is 12.2 Å². The molecular weight excluding hydrogens is 302 g/mol. The first-order valence-corrected chi connectivity index (χ1v) is 7.56. The van der Waals surface area contributed by atoms with Crippen molar-refractivity contribution in [3.05, 3.63) is 52.3 Å². The van der Waals surface area contributed by atoms with Crippen molar-refractivity contribution in [3.8, 4) is 0 Å². The molecule has 1 atom stereocenters. The highest BCUT2D eigenvalue weighted by molar-refractivity contribution is 6.30. The second kappa shape index (κ2) is 6.32. The van der Waals surface area contributed by atoms with E-state index < -0.39 is 5.97 Å². The Morgan fingerprint density at radius 1 is 1.32 bits per heavy atom. The smallest absolute Gasteiger partial charge is 0.341 e. The van der Waals surface area contributed by atoms with E-state index in [0.29, 0.717) is 18.1 Å². The van der Waals surface area contributed by atoms with E-state index in [1.807, 2.05) is 12.1 Å². The lowest BCUT2D eigenvalue weighted by Crippen LogP contribution is -2.21. The largest absolute Gasteiger partial charge is 0.462 e. The summed E-state index contributed by atoms with van der Waals surface area (Å²) in [6, 6.07) is 6.21. The van der Waals surface area contributed by atoms with Crippen LogP contribution in [0.5, 0.6) is 0 Å². The molecule has 0 aliphatic heterocycles. The fraction of sp³-hybridized carbons (Fsp3) is 0.312. The summed E-state index contributed by atoms with van der Waals surface area (Å²) in [6.45, 7) is 2.10. The molecule has 0 bridgehead atoms. The number of halogens is 1. The fourth-order valence-corrected chi connectivity index (χ4v) is 2.79. The Bertz CT molecular complexity index is 688. The molecule has 1 aromatic heterocycles. The zero-order valence-electron chi connectivity index (χ0n) is 12.2. The number of hydrogen-bond donors (Lipinski definition) is 1. The van der Waals surface area contributed by atoms with Crippen molar-refractivity contribution >= 4 is 23.5 Å². The van der Waals surface area contributed by atoms with Gasteiger partial charge in [0.25, 0.3) is 0 Å². The molecule has 0 saturated heterocycles. The van der Waals surface area contributed by atoms with Gasteiger partial charge in [-0.2, -0.15) is 0 Å². The summed E-state index contributed by atoms with van der Waals surface area (Å²) in [4.78, 5) is 19.9. The lowest BCUT2D eigenvalue weighted by atomic mass is 10.1. The maximum Gasteiger partial charge on any atom is 0.341 e. The third-order valence-corrected chi connectivity index (χ3v) is 3.83. The second-order valence-electron chi connectivity index (χ2n) is 5.18. The van der Waals surface area contributed by atoms with Gasteiger partial charge in [-0.25, -0.2) is 14.8 Å². The number of carbonyl (C=O) groups is 1. The van der Waals surface area contributed by atoms with Gasteiger partial charge in [0.1, 0.15) is 0 Å². The first-order chi connectivity index (χ1) is 10.7. The highest BCUT2D eigenvalue weighted by atomic mass is 35.5. The van der Waals surface area contributed by atoms with Gasteiger partial charge in [0, 0.05) is 23.5 Å². The molecule has 0 spiro atoms. The molecule has 1 aliphatic rings. The number of esters is 1. The number of nitrogens with one attached hydrogen (secondary N) is 1. The molecule has 0 fully saturated rings. The van der Waals surface area contributed by atoms with Crippen molar-refractivity contribution in [2.45, 2.75) is 25.8 Å². The summed E-state index contributed by atoms with van der Waals surface area (Å²) >= 11 is 6.02. The van der Waals surface area contributed by atoms with Crippen LogP contribution in [-0.2, 0) is 17.6 Å². The van der Waals surface area contributed by atoms with E-state index in [1.54, 1.807) is 6.92 Å². The number of fused-ring (bicyclic) bond motifs is 1. The van der Waals surface area contributed by atoms with Crippen molar-refractivity contribution in [3.63, 3.8) is 0 Å². The highest BCUT2D eigenvalue weighted by Crippen LogP contribution is 2.26. The third-order valence-electron chi connectivity index (χ3n) is 3.60. The number of benzene rings is 1. The average molecular weight is 318 g/mol. The lowest BCUT2D eigenvalue weighted by Gasteiger charge is -2.11. The van der Waals surface area contributed by atoms with Crippen LogP contribution < -0.4 is 5.32 Å². The monoisotopic (exact) mass is 317 g/mol. The number of rotatable bonds is 4. The van der Waals surface area contributed by atoms with Gasteiger partial charge in [0.2, 0.25) is 5.95 Å². The number of carbonyl (C=O) groups excluding carboxylic acids is 1. The molecule has 114 valence electrons. The highest BCUT2D eigenvalue weighted by Gasteiger charge is 2.22. The number of nitrogens with zero attached hydrogens (tertiary/aromatic N) is 2. The Morgan fingerprint density at radius 3 is 2.77 bits per heavy atom. The molecule has 1 aliphatic carbocycles. The third kappa shape index (κ3) is 3.20. The van der Waals surface area contributed by atoms with Crippen LogP contribution in [0.3, 0.4) is 0 Å². The number of hydrogen-bond acceptors (Lipinski definition) is 5. The summed E-state index contributed by atoms with van der Waals surface area (Å²) < 4.78 is 4.90. The lowest BCUT2D eigenvalue weighted by molar-refractivity contribution is 0.0525. The first kappa shape index (κ1) is 14.8. The topological polar surface area (TPSA) is 64.1 Å². The minimum Gasteiger partial charge on any atom is -0.462 e. The number of anilines is 1. The van der Waals surface area contributed by atoms with E-state index in [9.17, 15) is 4.79 Å². The number of ether oxygens (including phenoxy) is 1. The van der Waals surface area contributed by atoms with Crippen LogP contribution in [0.4, 0.5) is 5.95 Å². The van der Waals surface area contributed by atoms with Crippen molar-refractivity contribution in [2.75, 3.05) is 11.9 Å². The predicted octanol–water partition coefficient (Wildman–Crippen LogP) is 2.89. The van der Waals surface area contributed by atoms with Gasteiger partial charge < -0.3 is 10.1 Å². The molecular formula is C16H16ClN3O2. The van der Waals surface area contributed by atoms with Crippen LogP contribution in [0.1, 0.15) is 28.4 Å². The Morgan fingerprint density at radius 2 is 2.05 bits per heavy atom. The summed E-state index contributed by atoms with van der Waals surface area (Å²) in [7, 11) is 0. The van der Waals surface area contributed by atoms with Crippen LogP contribution in [0, 0.1) is 0 Å². The minimum absolute atomic E-state index is 0.238. The Balaban J connectivity index is 1.64. The van der Waals surface area contributed by atoms with Crippen LogP contribution in [0.25, 0.3) is 0 Å². The van der Waals surface area contributed by atoms with Gasteiger partial charge in [-0.15, -0.1) is 0 Å². The van der Waals surface area contributed by atoms with Gasteiger partial charge in [0.15, 0.2) is 0 Å². The maximum atomic E-state index is 11.5. The zero-order chi connectivity index (χ0) is 15.5. The molecule has 3 rings (SSSR count). The minimum atomic E-state index is -0.406. The number of aromatic nitrogens is 2.